The molecule has 0 radical (unpaired) electrons. The zero-order chi connectivity index (χ0) is 7.72. The zero-order valence-corrected chi connectivity index (χ0v) is 8.85. The Kier molecular flexibility index (Phi) is 2.46. The molecule has 1 aromatic rings. The van der Waals surface area contributed by atoms with Crippen molar-refractivity contribution >= 4 is 31.9 Å². The summed E-state index contributed by atoms with van der Waals surface area (Å²) in [6.45, 7) is 4.14. The van der Waals surface area contributed by atoms with Crippen molar-refractivity contribution < 1.29 is 0 Å². The van der Waals surface area contributed by atoms with E-state index in [4.69, 9.17) is 0 Å². The molecule has 0 bridgehead atoms. The molecule has 0 fully saturated rings. The van der Waals surface area contributed by atoms with Gasteiger partial charge in [-0.1, -0.05) is 0 Å². The first-order chi connectivity index (χ1) is 4.63. The fourth-order valence-electron chi connectivity index (χ4n) is 0.681. The van der Waals surface area contributed by atoms with E-state index in [1.807, 2.05) is 4.57 Å². The van der Waals surface area contributed by atoms with E-state index in [1.165, 1.54) is 0 Å². The molecule has 0 unspecified atom stereocenters. The molecule has 1 rings (SSSR count). The molecule has 1 heterocycles. The summed E-state index contributed by atoms with van der Waals surface area (Å²) in [7, 11) is 0. The van der Waals surface area contributed by atoms with Gasteiger partial charge in [-0.2, -0.15) is 0 Å². The zero-order valence-electron chi connectivity index (χ0n) is 5.67. The fourth-order valence-corrected chi connectivity index (χ4v) is 2.23. The first-order valence-electron chi connectivity index (χ1n) is 2.89. The van der Waals surface area contributed by atoms with Gasteiger partial charge in [0.2, 0.25) is 9.47 Å². The first-order valence-corrected chi connectivity index (χ1v) is 4.47. The minimum absolute atomic E-state index is 0.374. The maximum atomic E-state index is 3.82. The van der Waals surface area contributed by atoms with Crippen LogP contribution in [0.2, 0.25) is 0 Å². The van der Waals surface area contributed by atoms with Gasteiger partial charge in [-0.05, 0) is 45.7 Å². The van der Waals surface area contributed by atoms with Crippen molar-refractivity contribution in [2.24, 2.45) is 0 Å². The number of rotatable bonds is 1. The van der Waals surface area contributed by atoms with Crippen molar-refractivity contribution in [3.63, 3.8) is 0 Å². The lowest BCUT2D eigenvalue weighted by molar-refractivity contribution is 0.574. The molecule has 0 aliphatic rings. The second-order valence-electron chi connectivity index (χ2n) is 2.20. The maximum absolute atomic E-state index is 3.82. The molecular weight excluding hydrogens is 262 g/mol. The Morgan fingerprint density at radius 1 is 1.20 bits per heavy atom. The van der Waals surface area contributed by atoms with Gasteiger partial charge in [0.15, 0.2) is 0 Å². The van der Waals surface area contributed by atoms with Gasteiger partial charge >= 0.3 is 0 Å². The Bertz CT molecular complexity index is 211. The van der Waals surface area contributed by atoms with E-state index < -0.39 is 0 Å². The lowest BCUT2D eigenvalue weighted by Gasteiger charge is -2.06. The summed E-state index contributed by atoms with van der Waals surface area (Å²) in [4.78, 5) is 0. The molecule has 10 heavy (non-hydrogen) atoms. The third-order valence-electron chi connectivity index (χ3n) is 1.13. The second kappa shape index (κ2) is 3.00. The third-order valence-corrected chi connectivity index (χ3v) is 2.21. The summed E-state index contributed by atoms with van der Waals surface area (Å²) in [6.07, 6.45) is 0. The molecule has 0 atom stereocenters. The van der Waals surface area contributed by atoms with Gasteiger partial charge in [0.05, 0.1) is 0 Å². The van der Waals surface area contributed by atoms with Gasteiger partial charge in [-0.25, -0.2) is 0 Å². The number of hydrogen-bond acceptors (Lipinski definition) is 2. The lowest BCUT2D eigenvalue weighted by Crippen LogP contribution is -2.00. The van der Waals surface area contributed by atoms with E-state index in [2.05, 4.69) is 55.9 Å². The number of hydrogen-bond donors (Lipinski definition) is 0. The third kappa shape index (κ3) is 1.40. The highest BCUT2D eigenvalue weighted by Crippen LogP contribution is 2.19. The second-order valence-corrected chi connectivity index (χ2v) is 3.62. The van der Waals surface area contributed by atoms with Gasteiger partial charge in [-0.15, -0.1) is 10.2 Å². The normalized spacial score (nSPS) is 10.9. The average molecular weight is 269 g/mol. The van der Waals surface area contributed by atoms with Crippen LogP contribution in [0.5, 0.6) is 0 Å². The van der Waals surface area contributed by atoms with Crippen LogP contribution in [0.1, 0.15) is 19.9 Å². The van der Waals surface area contributed by atoms with E-state index >= 15 is 0 Å². The van der Waals surface area contributed by atoms with Gasteiger partial charge < -0.3 is 0 Å². The Hall–Kier alpha value is 0.1000. The summed E-state index contributed by atoms with van der Waals surface area (Å²) in [5.41, 5.74) is 0. The van der Waals surface area contributed by atoms with E-state index in [0.717, 1.165) is 9.47 Å². The Morgan fingerprint density at radius 3 is 1.80 bits per heavy atom. The van der Waals surface area contributed by atoms with Crippen LogP contribution in [-0.2, 0) is 0 Å². The van der Waals surface area contributed by atoms with Crippen LogP contribution in [0.4, 0.5) is 0 Å². The maximum Gasteiger partial charge on any atom is 0.201 e. The highest BCUT2D eigenvalue weighted by Gasteiger charge is 2.08. The van der Waals surface area contributed by atoms with E-state index in [-0.39, 0.29) is 0 Å². The Morgan fingerprint density at radius 2 is 1.60 bits per heavy atom. The van der Waals surface area contributed by atoms with Crippen LogP contribution >= 0.6 is 31.9 Å². The number of nitrogens with zero attached hydrogens (tertiary/aromatic N) is 3. The molecule has 3 nitrogen and oxygen atoms in total. The summed E-state index contributed by atoms with van der Waals surface area (Å²) < 4.78 is 3.46. The number of halogens is 2. The minimum atomic E-state index is 0.374. The van der Waals surface area contributed by atoms with Crippen LogP contribution in [0.3, 0.4) is 0 Å². The van der Waals surface area contributed by atoms with Crippen LogP contribution in [0, 0.1) is 0 Å². The van der Waals surface area contributed by atoms with Crippen molar-refractivity contribution in [2.75, 3.05) is 0 Å². The van der Waals surface area contributed by atoms with Gasteiger partial charge in [-0.3, -0.25) is 4.57 Å². The van der Waals surface area contributed by atoms with Crippen molar-refractivity contribution in [2.45, 2.75) is 19.9 Å². The smallest absolute Gasteiger partial charge is 0.201 e. The summed E-state index contributed by atoms with van der Waals surface area (Å²) in [6, 6.07) is 0.374. The average Bonchev–Trinajstić information content (AvgIpc) is 2.11. The largest absolute Gasteiger partial charge is 0.294 e. The molecule has 0 amide bonds. The van der Waals surface area contributed by atoms with Crippen LogP contribution in [0.15, 0.2) is 9.47 Å². The van der Waals surface area contributed by atoms with Crippen molar-refractivity contribution in [3.8, 4) is 0 Å². The SMILES string of the molecule is CC(C)n1c(Br)nnc1Br. The minimum Gasteiger partial charge on any atom is -0.294 e. The molecule has 0 saturated heterocycles. The van der Waals surface area contributed by atoms with E-state index in [0.29, 0.717) is 6.04 Å². The molecule has 0 spiro atoms. The Labute approximate surface area is 76.1 Å². The molecule has 5 heteroatoms. The molecule has 56 valence electrons. The van der Waals surface area contributed by atoms with Crippen molar-refractivity contribution in [1.29, 1.82) is 0 Å². The molecular formula is C5H7Br2N3. The topological polar surface area (TPSA) is 30.7 Å². The lowest BCUT2D eigenvalue weighted by atomic mass is 10.4. The quantitative estimate of drug-likeness (QED) is 0.783. The van der Waals surface area contributed by atoms with Gasteiger partial charge in [0.25, 0.3) is 0 Å². The molecule has 0 aromatic carbocycles. The fraction of sp³-hybridized carbons (Fsp3) is 0.600. The van der Waals surface area contributed by atoms with Crippen molar-refractivity contribution in [1.82, 2.24) is 14.8 Å². The predicted molar refractivity (Wildman–Crippen MR) is 45.8 cm³/mol. The first kappa shape index (κ1) is 8.20. The monoisotopic (exact) mass is 267 g/mol. The van der Waals surface area contributed by atoms with Gasteiger partial charge in [0, 0.05) is 6.04 Å². The summed E-state index contributed by atoms with van der Waals surface area (Å²) in [5.74, 6) is 0. The standard InChI is InChI=1S/C5H7Br2N3/c1-3(2)10-4(6)8-9-5(10)7/h3H,1-2H3. The molecule has 0 saturated carbocycles. The Balaban J connectivity index is 3.10. The van der Waals surface area contributed by atoms with E-state index in [9.17, 15) is 0 Å². The highest BCUT2D eigenvalue weighted by atomic mass is 79.9. The summed E-state index contributed by atoms with van der Waals surface area (Å²) in [5, 5.41) is 7.64. The summed E-state index contributed by atoms with van der Waals surface area (Å²) >= 11 is 6.55. The van der Waals surface area contributed by atoms with E-state index in [1.54, 1.807) is 0 Å². The van der Waals surface area contributed by atoms with Crippen molar-refractivity contribution in [3.05, 3.63) is 9.47 Å². The van der Waals surface area contributed by atoms with Crippen LogP contribution < -0.4 is 0 Å². The van der Waals surface area contributed by atoms with Crippen LogP contribution in [0.25, 0.3) is 0 Å². The molecule has 1 aromatic heterocycles. The highest BCUT2D eigenvalue weighted by molar-refractivity contribution is 9.11. The molecule has 0 N–H and O–H groups in total. The molecule has 0 aliphatic heterocycles. The van der Waals surface area contributed by atoms with Gasteiger partial charge in [0.1, 0.15) is 0 Å². The molecule has 0 aliphatic carbocycles. The number of aromatic nitrogens is 3. The van der Waals surface area contributed by atoms with Crippen LogP contribution in [-0.4, -0.2) is 14.8 Å². The predicted octanol–water partition coefficient (Wildman–Crippen LogP) is 2.38.